The summed E-state index contributed by atoms with van der Waals surface area (Å²) in [4.78, 5) is 4.48. The third-order valence-corrected chi connectivity index (χ3v) is 4.94. The molecule has 0 saturated heterocycles. The highest BCUT2D eigenvalue weighted by molar-refractivity contribution is 9.12. The predicted molar refractivity (Wildman–Crippen MR) is 126 cm³/mol. The first-order valence-electron chi connectivity index (χ1n) is 9.40. The van der Waals surface area contributed by atoms with Crippen LogP contribution < -0.4 is 0 Å². The zero-order valence-corrected chi connectivity index (χ0v) is 17.6. The van der Waals surface area contributed by atoms with Crippen LogP contribution in [0.4, 0.5) is 5.88 Å². The summed E-state index contributed by atoms with van der Waals surface area (Å²) in [6.07, 6.45) is 3.60. The van der Waals surface area contributed by atoms with Gasteiger partial charge in [0.1, 0.15) is 17.4 Å². The van der Waals surface area contributed by atoms with Crippen molar-refractivity contribution in [3.8, 4) is 28.5 Å². The monoisotopic (exact) mass is 452 g/mol. The maximum absolute atomic E-state index is 9.91. The van der Waals surface area contributed by atoms with E-state index in [1.165, 1.54) is 0 Å². The Morgan fingerprint density at radius 1 is 0.833 bits per heavy atom. The lowest BCUT2D eigenvalue weighted by molar-refractivity contribution is 0.593. The van der Waals surface area contributed by atoms with Crippen LogP contribution in [0.3, 0.4) is 0 Å². The Hall–Kier alpha value is -3.68. The Kier molecular flexibility index (Phi) is 6.03. The van der Waals surface area contributed by atoms with Gasteiger partial charge in [0.15, 0.2) is 0 Å². The summed E-state index contributed by atoms with van der Waals surface area (Å²) in [7, 11) is 0. The minimum atomic E-state index is 0.286. The maximum atomic E-state index is 9.91. The lowest BCUT2D eigenvalue weighted by Gasteiger charge is -2.03. The van der Waals surface area contributed by atoms with E-state index in [1.807, 2.05) is 97.1 Å². The number of allylic oxidation sites excluding steroid dienone is 1. The van der Waals surface area contributed by atoms with Crippen molar-refractivity contribution in [3.05, 3.63) is 107 Å². The van der Waals surface area contributed by atoms with E-state index in [4.69, 9.17) is 4.42 Å². The van der Waals surface area contributed by atoms with Crippen molar-refractivity contribution >= 4 is 34.1 Å². The molecule has 144 valence electrons. The predicted octanol–water partition coefficient (Wildman–Crippen LogP) is 7.62. The van der Waals surface area contributed by atoms with E-state index >= 15 is 0 Å². The molecule has 0 aliphatic carbocycles. The number of hydrogen-bond donors (Lipinski definition) is 0. The summed E-state index contributed by atoms with van der Waals surface area (Å²) in [5.41, 5.74) is 4.02. The van der Waals surface area contributed by atoms with Crippen molar-refractivity contribution in [3.63, 3.8) is 0 Å². The second-order valence-corrected chi connectivity index (χ2v) is 7.44. The normalized spacial score (nSPS) is 11.5. The largest absolute Gasteiger partial charge is 0.436 e. The Balaban J connectivity index is 1.80. The Bertz CT molecular complexity index is 1230. The number of rotatable bonds is 5. The van der Waals surface area contributed by atoms with Crippen LogP contribution in [0.5, 0.6) is 0 Å². The van der Waals surface area contributed by atoms with E-state index in [1.54, 1.807) is 6.21 Å². The molecule has 0 saturated carbocycles. The van der Waals surface area contributed by atoms with E-state index in [-0.39, 0.29) is 5.88 Å². The molecule has 0 radical (unpaired) electrons. The lowest BCUT2D eigenvalue weighted by Crippen LogP contribution is -1.83. The molecule has 0 bridgehead atoms. The molecule has 0 aliphatic heterocycles. The first-order chi connectivity index (χ1) is 14.8. The first-order valence-corrected chi connectivity index (χ1v) is 10.2. The molecule has 4 rings (SSSR count). The van der Waals surface area contributed by atoms with Gasteiger partial charge in [-0.15, -0.1) is 0 Å². The van der Waals surface area contributed by atoms with Gasteiger partial charge < -0.3 is 4.42 Å². The first kappa shape index (κ1) is 19.6. The SMILES string of the molecule is N#Cc1c(/N=C/C(Br)=C\c2ccccc2)oc(-c2ccccc2)c1-c1ccccc1. The molecule has 0 spiro atoms. The highest BCUT2D eigenvalue weighted by atomic mass is 79.9. The van der Waals surface area contributed by atoms with E-state index in [9.17, 15) is 5.26 Å². The van der Waals surface area contributed by atoms with Gasteiger partial charge in [-0.05, 0) is 33.1 Å². The molecule has 0 atom stereocenters. The minimum absolute atomic E-state index is 0.286. The zero-order chi connectivity index (χ0) is 20.8. The average Bonchev–Trinajstić information content (AvgIpc) is 3.18. The number of aliphatic imine (C=N–C) groups is 1. The molecular weight excluding hydrogens is 436 g/mol. The fourth-order valence-electron chi connectivity index (χ4n) is 3.15. The van der Waals surface area contributed by atoms with Crippen molar-refractivity contribution in [2.24, 2.45) is 4.99 Å². The van der Waals surface area contributed by atoms with Crippen molar-refractivity contribution < 1.29 is 4.42 Å². The molecule has 0 amide bonds. The Morgan fingerprint density at radius 2 is 1.40 bits per heavy atom. The molecule has 0 N–H and O–H groups in total. The van der Waals surface area contributed by atoms with Crippen LogP contribution in [0.2, 0.25) is 0 Å². The van der Waals surface area contributed by atoms with E-state index in [2.05, 4.69) is 27.0 Å². The summed E-state index contributed by atoms with van der Waals surface area (Å²) in [5.74, 6) is 0.919. The number of nitriles is 1. The second-order valence-electron chi connectivity index (χ2n) is 6.53. The van der Waals surface area contributed by atoms with Gasteiger partial charge in [0.05, 0.1) is 0 Å². The Morgan fingerprint density at radius 3 is 2.00 bits per heavy atom. The summed E-state index contributed by atoms with van der Waals surface area (Å²) < 4.78 is 6.88. The summed E-state index contributed by atoms with van der Waals surface area (Å²) in [6, 6.07) is 31.8. The number of furan rings is 1. The summed E-state index contributed by atoms with van der Waals surface area (Å²) >= 11 is 3.52. The van der Waals surface area contributed by atoms with Crippen LogP contribution >= 0.6 is 15.9 Å². The molecule has 0 unspecified atom stereocenters. The molecule has 30 heavy (non-hydrogen) atoms. The van der Waals surface area contributed by atoms with Gasteiger partial charge in [-0.2, -0.15) is 5.26 Å². The smallest absolute Gasteiger partial charge is 0.238 e. The van der Waals surface area contributed by atoms with Gasteiger partial charge in [-0.1, -0.05) is 91.0 Å². The number of hydrogen-bond acceptors (Lipinski definition) is 3. The van der Waals surface area contributed by atoms with Crippen molar-refractivity contribution in [2.45, 2.75) is 0 Å². The molecule has 0 aliphatic rings. The third kappa shape index (κ3) is 4.32. The molecule has 1 aromatic heterocycles. The average molecular weight is 453 g/mol. The van der Waals surface area contributed by atoms with Crippen LogP contribution in [-0.4, -0.2) is 6.21 Å². The molecule has 4 aromatic rings. The van der Waals surface area contributed by atoms with Crippen molar-refractivity contribution in [1.29, 1.82) is 5.26 Å². The molecule has 3 nitrogen and oxygen atoms in total. The quantitative estimate of drug-likeness (QED) is 0.292. The van der Waals surface area contributed by atoms with Crippen LogP contribution in [0, 0.1) is 11.3 Å². The highest BCUT2D eigenvalue weighted by Gasteiger charge is 2.22. The Labute approximate surface area is 183 Å². The number of halogens is 1. The van der Waals surface area contributed by atoms with Crippen molar-refractivity contribution in [2.75, 3.05) is 0 Å². The topological polar surface area (TPSA) is 49.3 Å². The van der Waals surface area contributed by atoms with E-state index < -0.39 is 0 Å². The van der Waals surface area contributed by atoms with Crippen LogP contribution in [-0.2, 0) is 0 Å². The lowest BCUT2D eigenvalue weighted by atomic mass is 9.98. The standard InChI is InChI=1S/C26H17BrN2O/c27-22(16-19-10-4-1-5-11-19)18-29-26-23(17-28)24(20-12-6-2-7-13-20)25(30-26)21-14-8-3-9-15-21/h1-16,18H/b22-16+,29-18+. The van der Waals surface area contributed by atoms with Gasteiger partial charge in [-0.3, -0.25) is 0 Å². The summed E-state index contributed by atoms with van der Waals surface area (Å²) in [5, 5.41) is 9.91. The fraction of sp³-hybridized carbons (Fsp3) is 0. The van der Waals surface area contributed by atoms with Gasteiger partial charge in [0, 0.05) is 21.8 Å². The number of benzene rings is 3. The summed E-state index contributed by atoms with van der Waals surface area (Å²) in [6.45, 7) is 0. The van der Waals surface area contributed by atoms with E-state index in [0.29, 0.717) is 11.3 Å². The van der Waals surface area contributed by atoms with E-state index in [0.717, 1.165) is 26.7 Å². The van der Waals surface area contributed by atoms with Gasteiger partial charge in [-0.25, -0.2) is 4.99 Å². The zero-order valence-electron chi connectivity index (χ0n) is 16.0. The fourth-order valence-corrected chi connectivity index (χ4v) is 3.52. The molecule has 4 heteroatoms. The van der Waals surface area contributed by atoms with Crippen LogP contribution in [0.1, 0.15) is 11.1 Å². The van der Waals surface area contributed by atoms with Gasteiger partial charge >= 0.3 is 0 Å². The maximum Gasteiger partial charge on any atom is 0.238 e. The highest BCUT2D eigenvalue weighted by Crippen LogP contribution is 2.42. The molecular formula is C26H17BrN2O. The van der Waals surface area contributed by atoms with Crippen LogP contribution in [0.15, 0.2) is 105 Å². The molecule has 3 aromatic carbocycles. The van der Waals surface area contributed by atoms with Gasteiger partial charge in [0.25, 0.3) is 0 Å². The molecule has 1 heterocycles. The molecule has 0 fully saturated rings. The third-order valence-electron chi connectivity index (χ3n) is 4.51. The van der Waals surface area contributed by atoms with Gasteiger partial charge in [0.2, 0.25) is 5.88 Å². The number of nitrogens with zero attached hydrogens (tertiary/aromatic N) is 2. The minimum Gasteiger partial charge on any atom is -0.436 e. The second kappa shape index (κ2) is 9.21. The van der Waals surface area contributed by atoms with Crippen molar-refractivity contribution in [1.82, 2.24) is 0 Å². The van der Waals surface area contributed by atoms with Crippen LogP contribution in [0.25, 0.3) is 28.5 Å².